The Bertz CT molecular complexity index is 730. The van der Waals surface area contributed by atoms with E-state index in [0.29, 0.717) is 5.56 Å². The summed E-state index contributed by atoms with van der Waals surface area (Å²) in [6, 6.07) is 12.7. The van der Waals surface area contributed by atoms with E-state index in [9.17, 15) is 9.59 Å². The minimum atomic E-state index is -0.926. The fraction of sp³-hybridized carbons (Fsp3) is 0.294. The minimum Gasteiger partial charge on any atom is -0.438 e. The summed E-state index contributed by atoms with van der Waals surface area (Å²) >= 11 is 0. The highest BCUT2D eigenvalue weighted by molar-refractivity contribution is 6.08. The fourth-order valence-electron chi connectivity index (χ4n) is 2.91. The van der Waals surface area contributed by atoms with E-state index >= 15 is 0 Å². The monoisotopic (exact) mass is 283 g/mol. The molecule has 2 aromatic rings. The van der Waals surface area contributed by atoms with Crippen molar-refractivity contribution in [3.8, 4) is 0 Å². The number of hydrogen-bond acceptors (Lipinski definition) is 3. The maximum Gasteiger partial charge on any atom is 0.330 e. The van der Waals surface area contributed by atoms with Gasteiger partial charge in [0.1, 0.15) is 6.04 Å². The number of ether oxygens (including phenoxy) is 1. The molecule has 108 valence electrons. The van der Waals surface area contributed by atoms with Gasteiger partial charge in [0, 0.05) is 5.56 Å². The van der Waals surface area contributed by atoms with Crippen LogP contribution < -0.4 is 0 Å². The van der Waals surface area contributed by atoms with Crippen molar-refractivity contribution in [3.05, 3.63) is 48.0 Å². The molecule has 4 heteroatoms. The van der Waals surface area contributed by atoms with E-state index in [1.54, 1.807) is 26.8 Å². The van der Waals surface area contributed by atoms with E-state index in [1.165, 1.54) is 4.90 Å². The molecular formula is C17H17NO3. The van der Waals surface area contributed by atoms with Gasteiger partial charge in [-0.2, -0.15) is 0 Å². The lowest BCUT2D eigenvalue weighted by Crippen LogP contribution is -2.47. The van der Waals surface area contributed by atoms with Gasteiger partial charge < -0.3 is 4.74 Å². The first-order chi connectivity index (χ1) is 9.92. The maximum absolute atomic E-state index is 12.9. The summed E-state index contributed by atoms with van der Waals surface area (Å²) in [7, 11) is 0. The lowest BCUT2D eigenvalue weighted by atomic mass is 10.0. The Hall–Kier alpha value is -2.36. The van der Waals surface area contributed by atoms with Crippen LogP contribution in [0.15, 0.2) is 42.5 Å². The van der Waals surface area contributed by atoms with E-state index < -0.39 is 11.8 Å². The molecular weight excluding hydrogens is 266 g/mol. The van der Waals surface area contributed by atoms with Crippen molar-refractivity contribution in [2.24, 2.45) is 0 Å². The molecule has 1 heterocycles. The van der Waals surface area contributed by atoms with Gasteiger partial charge >= 0.3 is 5.97 Å². The molecule has 1 fully saturated rings. The van der Waals surface area contributed by atoms with Gasteiger partial charge in [-0.15, -0.1) is 0 Å². The maximum atomic E-state index is 12.9. The summed E-state index contributed by atoms with van der Waals surface area (Å²) in [5.41, 5.74) is -0.337. The fourth-order valence-corrected chi connectivity index (χ4v) is 2.91. The Morgan fingerprint density at radius 1 is 1.14 bits per heavy atom. The van der Waals surface area contributed by atoms with Crippen molar-refractivity contribution in [2.45, 2.75) is 32.5 Å². The summed E-state index contributed by atoms with van der Waals surface area (Å²) in [6.45, 7) is 5.16. The summed E-state index contributed by atoms with van der Waals surface area (Å²) in [6.07, 6.45) is 0. The largest absolute Gasteiger partial charge is 0.438 e. The van der Waals surface area contributed by atoms with Gasteiger partial charge in [-0.3, -0.25) is 9.69 Å². The lowest BCUT2D eigenvalue weighted by Gasteiger charge is -2.31. The number of cyclic esters (lactones) is 1. The number of fused-ring (bicyclic) bond motifs is 1. The van der Waals surface area contributed by atoms with Crippen LogP contribution in [-0.4, -0.2) is 28.5 Å². The molecule has 1 aliphatic heterocycles. The predicted molar refractivity (Wildman–Crippen MR) is 79.8 cm³/mol. The molecule has 1 atom stereocenters. The molecule has 4 nitrogen and oxygen atoms in total. The standard InChI is InChI=1S/C17H17NO3/c1-11-16(20)21-17(2,3)18(11)15(19)14-10-6-8-12-7-4-5-9-13(12)14/h4-11H,1-3H3/t11-/m0/s1. The topological polar surface area (TPSA) is 46.6 Å². The highest BCUT2D eigenvalue weighted by atomic mass is 16.6. The van der Waals surface area contributed by atoms with Crippen LogP contribution in [0, 0.1) is 0 Å². The second kappa shape index (κ2) is 4.58. The average molecular weight is 283 g/mol. The molecule has 0 saturated carbocycles. The van der Waals surface area contributed by atoms with Crippen LogP contribution in [-0.2, 0) is 9.53 Å². The molecule has 0 bridgehead atoms. The van der Waals surface area contributed by atoms with Crippen molar-refractivity contribution in [1.29, 1.82) is 0 Å². The normalized spacial score (nSPS) is 20.6. The highest BCUT2D eigenvalue weighted by Gasteiger charge is 2.48. The molecule has 0 unspecified atom stereocenters. The number of rotatable bonds is 1. The Morgan fingerprint density at radius 2 is 1.81 bits per heavy atom. The van der Waals surface area contributed by atoms with E-state index in [1.807, 2.05) is 36.4 Å². The van der Waals surface area contributed by atoms with Crippen LogP contribution in [0.3, 0.4) is 0 Å². The Balaban J connectivity index is 2.11. The molecule has 0 aliphatic carbocycles. The van der Waals surface area contributed by atoms with Crippen molar-refractivity contribution in [3.63, 3.8) is 0 Å². The van der Waals surface area contributed by atoms with Crippen LogP contribution in [0.25, 0.3) is 10.8 Å². The number of nitrogens with zero attached hydrogens (tertiary/aromatic N) is 1. The van der Waals surface area contributed by atoms with Gasteiger partial charge in [0.05, 0.1) is 0 Å². The van der Waals surface area contributed by atoms with Crippen LogP contribution >= 0.6 is 0 Å². The Kier molecular flexibility index (Phi) is 2.97. The quantitative estimate of drug-likeness (QED) is 0.756. The van der Waals surface area contributed by atoms with E-state index in [4.69, 9.17) is 4.74 Å². The first-order valence-electron chi connectivity index (χ1n) is 6.96. The number of hydrogen-bond donors (Lipinski definition) is 0. The zero-order valence-electron chi connectivity index (χ0n) is 12.3. The van der Waals surface area contributed by atoms with Crippen LogP contribution in [0.4, 0.5) is 0 Å². The van der Waals surface area contributed by atoms with Gasteiger partial charge in [-0.05, 0) is 37.6 Å². The van der Waals surface area contributed by atoms with Crippen LogP contribution in [0.1, 0.15) is 31.1 Å². The van der Waals surface area contributed by atoms with Crippen molar-refractivity contribution >= 4 is 22.6 Å². The molecule has 1 aliphatic rings. The SMILES string of the molecule is C[C@H]1C(=O)OC(C)(C)N1C(=O)c1cccc2ccccc12. The molecule has 0 aromatic heterocycles. The van der Waals surface area contributed by atoms with E-state index in [0.717, 1.165) is 10.8 Å². The second-order valence-electron chi connectivity index (χ2n) is 5.75. The third kappa shape index (κ3) is 2.07. The molecule has 0 radical (unpaired) electrons. The van der Waals surface area contributed by atoms with Crippen LogP contribution in [0.5, 0.6) is 0 Å². The zero-order chi connectivity index (χ0) is 15.2. The first kappa shape index (κ1) is 13.6. The number of benzene rings is 2. The minimum absolute atomic E-state index is 0.185. The highest BCUT2D eigenvalue weighted by Crippen LogP contribution is 2.31. The summed E-state index contributed by atoms with van der Waals surface area (Å²) < 4.78 is 5.29. The number of carbonyl (C=O) groups is 2. The molecule has 21 heavy (non-hydrogen) atoms. The van der Waals surface area contributed by atoms with Gasteiger partial charge in [-0.1, -0.05) is 36.4 Å². The average Bonchev–Trinajstić information content (AvgIpc) is 2.66. The number of amides is 1. The van der Waals surface area contributed by atoms with E-state index in [-0.39, 0.29) is 11.9 Å². The molecule has 1 amide bonds. The Labute approximate surface area is 123 Å². The van der Waals surface area contributed by atoms with Crippen molar-refractivity contribution < 1.29 is 14.3 Å². The smallest absolute Gasteiger partial charge is 0.330 e. The van der Waals surface area contributed by atoms with Crippen molar-refractivity contribution in [2.75, 3.05) is 0 Å². The number of carbonyl (C=O) groups excluding carboxylic acids is 2. The summed E-state index contributed by atoms with van der Waals surface area (Å²) in [5, 5.41) is 1.88. The van der Waals surface area contributed by atoms with Crippen LogP contribution in [0.2, 0.25) is 0 Å². The molecule has 3 rings (SSSR count). The third-order valence-corrected chi connectivity index (χ3v) is 3.90. The lowest BCUT2D eigenvalue weighted by molar-refractivity contribution is -0.148. The predicted octanol–water partition coefficient (Wildman–Crippen LogP) is 2.96. The second-order valence-corrected chi connectivity index (χ2v) is 5.75. The molecule has 1 saturated heterocycles. The first-order valence-corrected chi connectivity index (χ1v) is 6.96. The zero-order valence-corrected chi connectivity index (χ0v) is 12.3. The third-order valence-electron chi connectivity index (χ3n) is 3.90. The van der Waals surface area contributed by atoms with Crippen molar-refractivity contribution in [1.82, 2.24) is 4.90 Å². The molecule has 0 N–H and O–H groups in total. The van der Waals surface area contributed by atoms with Gasteiger partial charge in [0.2, 0.25) is 0 Å². The summed E-state index contributed by atoms with van der Waals surface area (Å²) in [4.78, 5) is 26.2. The number of esters is 1. The summed E-state index contributed by atoms with van der Waals surface area (Å²) in [5.74, 6) is -0.552. The van der Waals surface area contributed by atoms with E-state index in [2.05, 4.69) is 0 Å². The molecule has 0 spiro atoms. The Morgan fingerprint density at radius 3 is 2.48 bits per heavy atom. The van der Waals surface area contributed by atoms with Gasteiger partial charge in [-0.25, -0.2) is 4.79 Å². The van der Waals surface area contributed by atoms with Gasteiger partial charge in [0.15, 0.2) is 5.72 Å². The molecule has 2 aromatic carbocycles. The van der Waals surface area contributed by atoms with Gasteiger partial charge in [0.25, 0.3) is 5.91 Å².